The highest BCUT2D eigenvalue weighted by atomic mass is 19.4. The third-order valence-corrected chi connectivity index (χ3v) is 6.55. The van der Waals surface area contributed by atoms with Gasteiger partial charge in [-0.15, -0.1) is 0 Å². The van der Waals surface area contributed by atoms with Gasteiger partial charge in [0.2, 0.25) is 5.60 Å². The number of hydrogen-bond acceptors (Lipinski definition) is 4. The Kier molecular flexibility index (Phi) is 8.36. The van der Waals surface area contributed by atoms with Crippen LogP contribution < -0.4 is 10.1 Å². The average Bonchev–Trinajstić information content (AvgIpc) is 2.92. The summed E-state index contributed by atoms with van der Waals surface area (Å²) in [5.41, 5.74) is -3.58. The highest BCUT2D eigenvalue weighted by molar-refractivity contribution is 5.96. The van der Waals surface area contributed by atoms with Gasteiger partial charge in [-0.2, -0.15) is 26.3 Å². The Hall–Kier alpha value is -4.09. The maximum atomic E-state index is 13.6. The van der Waals surface area contributed by atoms with Crippen LogP contribution in [-0.4, -0.2) is 46.9 Å². The highest BCUT2D eigenvalue weighted by Crippen LogP contribution is 2.35. The van der Waals surface area contributed by atoms with Crippen LogP contribution in [0, 0.1) is 0 Å². The van der Waals surface area contributed by atoms with Gasteiger partial charge in [0.25, 0.3) is 11.8 Å². The van der Waals surface area contributed by atoms with Crippen LogP contribution in [0.3, 0.4) is 0 Å². The largest absolute Gasteiger partial charge is 0.476 e. The molecule has 1 fully saturated rings. The topological polar surface area (TPSA) is 71.5 Å². The Balaban J connectivity index is 1.60. The van der Waals surface area contributed by atoms with E-state index in [-0.39, 0.29) is 31.7 Å². The summed E-state index contributed by atoms with van der Waals surface area (Å²) in [6.45, 7) is -0.188. The van der Waals surface area contributed by atoms with E-state index in [1.54, 1.807) is 0 Å². The van der Waals surface area contributed by atoms with Crippen molar-refractivity contribution in [3.8, 4) is 5.75 Å². The predicted octanol–water partition coefficient (Wildman–Crippen LogP) is 5.53. The molecule has 1 N–H and O–H groups in total. The number of rotatable bonds is 7. The minimum absolute atomic E-state index is 0.0421. The van der Waals surface area contributed by atoms with Crippen molar-refractivity contribution in [2.45, 2.75) is 37.2 Å². The summed E-state index contributed by atoms with van der Waals surface area (Å²) in [5, 5.41) is 2.76. The van der Waals surface area contributed by atoms with Crippen molar-refractivity contribution in [2.24, 2.45) is 0 Å². The monoisotopic (exact) mass is 565 g/mol. The molecule has 212 valence electrons. The van der Waals surface area contributed by atoms with Crippen molar-refractivity contribution in [2.75, 3.05) is 19.6 Å². The third-order valence-electron chi connectivity index (χ3n) is 6.55. The maximum Gasteiger partial charge on any atom is 0.417 e. The van der Waals surface area contributed by atoms with Gasteiger partial charge in [-0.3, -0.25) is 14.6 Å². The molecule has 6 nitrogen and oxygen atoms in total. The lowest BCUT2D eigenvalue weighted by Crippen LogP contribution is -2.61. The number of benzene rings is 2. The summed E-state index contributed by atoms with van der Waals surface area (Å²) in [6, 6.07) is 13.7. The first kappa shape index (κ1) is 28.9. The molecule has 4 rings (SSSR count). The van der Waals surface area contributed by atoms with E-state index in [1.807, 2.05) is 30.3 Å². The van der Waals surface area contributed by atoms with E-state index in [0.717, 1.165) is 47.1 Å². The first-order valence-corrected chi connectivity index (χ1v) is 12.4. The lowest BCUT2D eigenvalue weighted by atomic mass is 9.90. The summed E-state index contributed by atoms with van der Waals surface area (Å²) in [4.78, 5) is 31.5. The van der Waals surface area contributed by atoms with Crippen LogP contribution in [0.25, 0.3) is 0 Å². The van der Waals surface area contributed by atoms with Crippen LogP contribution in [0.1, 0.15) is 39.9 Å². The molecule has 0 bridgehead atoms. The third kappa shape index (κ3) is 6.72. The number of carbonyl (C=O) groups excluding carboxylic acids is 2. The van der Waals surface area contributed by atoms with Gasteiger partial charge in [0.15, 0.2) is 0 Å². The first-order valence-electron chi connectivity index (χ1n) is 12.4. The molecule has 0 radical (unpaired) electrons. The molecule has 1 aromatic heterocycles. The molecule has 2 aromatic carbocycles. The molecule has 1 aliphatic heterocycles. The van der Waals surface area contributed by atoms with E-state index >= 15 is 0 Å². The molecule has 40 heavy (non-hydrogen) atoms. The molecule has 0 spiro atoms. The van der Waals surface area contributed by atoms with Crippen molar-refractivity contribution in [3.05, 3.63) is 95.3 Å². The zero-order valence-electron chi connectivity index (χ0n) is 21.1. The first-order chi connectivity index (χ1) is 18.9. The second-order valence-corrected chi connectivity index (χ2v) is 9.36. The number of halogens is 6. The van der Waals surface area contributed by atoms with Gasteiger partial charge in [-0.1, -0.05) is 30.3 Å². The number of nitrogens with one attached hydrogen (secondary N) is 1. The van der Waals surface area contributed by atoms with E-state index in [1.165, 1.54) is 0 Å². The van der Waals surface area contributed by atoms with Gasteiger partial charge < -0.3 is 15.0 Å². The van der Waals surface area contributed by atoms with Crippen LogP contribution in [-0.2, 0) is 23.6 Å². The fourth-order valence-electron chi connectivity index (χ4n) is 4.56. The molecule has 1 aliphatic rings. The lowest BCUT2D eigenvalue weighted by molar-refractivity contribution is -0.142. The summed E-state index contributed by atoms with van der Waals surface area (Å²) in [6.07, 6.45) is -6.91. The Bertz CT molecular complexity index is 1330. The second-order valence-electron chi connectivity index (χ2n) is 9.36. The minimum Gasteiger partial charge on any atom is -0.476 e. The zero-order valence-corrected chi connectivity index (χ0v) is 21.1. The number of amides is 2. The molecule has 1 saturated heterocycles. The second kappa shape index (κ2) is 11.6. The SMILES string of the molecule is O=C(c1cnccc1C(F)(F)F)N1CCCC(Oc2ccc(C(F)(F)F)cc2)(C(=O)NCCc2ccccc2)C1. The number of alkyl halides is 6. The molecular formula is C28H25F6N3O3. The quantitative estimate of drug-likeness (QED) is 0.383. The van der Waals surface area contributed by atoms with Crippen molar-refractivity contribution in [1.29, 1.82) is 0 Å². The van der Waals surface area contributed by atoms with Crippen LogP contribution in [0.15, 0.2) is 73.1 Å². The normalized spacial score (nSPS) is 17.8. The Morgan fingerprint density at radius 2 is 1.65 bits per heavy atom. The van der Waals surface area contributed by atoms with Gasteiger partial charge in [-0.05, 0) is 55.2 Å². The maximum absolute atomic E-state index is 13.6. The van der Waals surface area contributed by atoms with E-state index in [0.29, 0.717) is 12.5 Å². The van der Waals surface area contributed by atoms with Gasteiger partial charge in [-0.25, -0.2) is 0 Å². The van der Waals surface area contributed by atoms with Crippen molar-refractivity contribution in [1.82, 2.24) is 15.2 Å². The molecule has 1 atom stereocenters. The molecular weight excluding hydrogens is 540 g/mol. The fourth-order valence-corrected chi connectivity index (χ4v) is 4.56. The molecule has 1 unspecified atom stereocenters. The predicted molar refractivity (Wildman–Crippen MR) is 132 cm³/mol. The number of pyridine rings is 1. The van der Waals surface area contributed by atoms with Gasteiger partial charge in [0.05, 0.1) is 23.2 Å². The number of ether oxygens (including phenoxy) is 1. The van der Waals surface area contributed by atoms with E-state index in [9.17, 15) is 35.9 Å². The summed E-state index contributed by atoms with van der Waals surface area (Å²) < 4.78 is 85.8. The minimum atomic E-state index is -4.81. The Labute approximate surface area is 226 Å². The van der Waals surface area contributed by atoms with Gasteiger partial charge >= 0.3 is 12.4 Å². The summed E-state index contributed by atoms with van der Waals surface area (Å²) in [7, 11) is 0. The number of likely N-dealkylation sites (tertiary alicyclic amines) is 1. The fraction of sp³-hybridized carbons (Fsp3) is 0.321. The molecule has 2 amide bonds. The van der Waals surface area contributed by atoms with Crippen LogP contribution >= 0.6 is 0 Å². The van der Waals surface area contributed by atoms with Crippen LogP contribution in [0.2, 0.25) is 0 Å². The molecule has 0 aliphatic carbocycles. The number of nitrogens with zero attached hydrogens (tertiary/aromatic N) is 2. The average molecular weight is 566 g/mol. The molecule has 2 heterocycles. The van der Waals surface area contributed by atoms with Gasteiger partial charge in [0.1, 0.15) is 5.75 Å². The molecule has 0 saturated carbocycles. The Morgan fingerprint density at radius 3 is 2.30 bits per heavy atom. The van der Waals surface area contributed by atoms with E-state index in [2.05, 4.69) is 10.3 Å². The number of aromatic nitrogens is 1. The summed E-state index contributed by atoms with van der Waals surface area (Å²) in [5.74, 6) is -1.68. The van der Waals surface area contributed by atoms with E-state index in [4.69, 9.17) is 4.74 Å². The zero-order chi connectivity index (χ0) is 29.0. The molecule has 12 heteroatoms. The lowest BCUT2D eigenvalue weighted by Gasteiger charge is -2.41. The number of hydrogen-bond donors (Lipinski definition) is 1. The smallest absolute Gasteiger partial charge is 0.417 e. The van der Waals surface area contributed by atoms with Gasteiger partial charge in [0, 0.05) is 25.5 Å². The van der Waals surface area contributed by atoms with Crippen molar-refractivity contribution in [3.63, 3.8) is 0 Å². The summed E-state index contributed by atoms with van der Waals surface area (Å²) >= 11 is 0. The number of piperidine rings is 1. The standard InChI is InChI=1S/C28H25F6N3O3/c29-27(30,31)20-7-9-21(10-8-20)40-26(25(39)36-15-11-19-5-2-1-3-6-19)13-4-16-37(18-26)24(38)22-17-35-14-12-23(22)28(32,33)34/h1-3,5-10,12,14,17H,4,11,13,15-16,18H2,(H,36,39). The highest BCUT2D eigenvalue weighted by Gasteiger charge is 2.47. The Morgan fingerprint density at radius 1 is 0.950 bits per heavy atom. The molecule has 3 aromatic rings. The van der Waals surface area contributed by atoms with E-state index < -0.39 is 53.0 Å². The number of carbonyl (C=O) groups is 2. The van der Waals surface area contributed by atoms with Crippen molar-refractivity contribution < 1.29 is 40.7 Å². The van der Waals surface area contributed by atoms with Crippen LogP contribution in [0.4, 0.5) is 26.3 Å². The van der Waals surface area contributed by atoms with Crippen molar-refractivity contribution >= 4 is 11.8 Å². The van der Waals surface area contributed by atoms with Crippen LogP contribution in [0.5, 0.6) is 5.75 Å².